The second-order valence-electron chi connectivity index (χ2n) is 2.70. The van der Waals surface area contributed by atoms with Gasteiger partial charge in [-0.15, -0.1) is 0 Å². The molecule has 1 rings (SSSR count). The van der Waals surface area contributed by atoms with Crippen LogP contribution in [0.25, 0.3) is 0 Å². The number of hydrogen-bond donors (Lipinski definition) is 1. The maximum atomic E-state index is 11.2. The predicted molar refractivity (Wildman–Crippen MR) is 42.2 cm³/mol. The van der Waals surface area contributed by atoms with Crippen LogP contribution in [0.4, 0.5) is 0 Å². The zero-order valence-corrected chi connectivity index (χ0v) is 6.91. The summed E-state index contributed by atoms with van der Waals surface area (Å²) in [7, 11) is 0. The minimum atomic E-state index is -0.272. The molecule has 1 N–H and O–H groups in total. The van der Waals surface area contributed by atoms with Gasteiger partial charge in [-0.25, -0.2) is 0 Å². The van der Waals surface area contributed by atoms with Gasteiger partial charge >= 0.3 is 0 Å². The lowest BCUT2D eigenvalue weighted by atomic mass is 10.3. The van der Waals surface area contributed by atoms with Crippen molar-refractivity contribution >= 4 is 11.8 Å². The molecule has 0 saturated carbocycles. The number of hydrogen-bond acceptors (Lipinski definition) is 3. The number of aliphatic hydroxyl groups is 1. The Morgan fingerprint density at radius 1 is 1.50 bits per heavy atom. The van der Waals surface area contributed by atoms with E-state index in [-0.39, 0.29) is 18.4 Å². The van der Waals surface area contributed by atoms with Crippen LogP contribution in [-0.4, -0.2) is 35.0 Å². The fraction of sp³-hybridized carbons (Fsp3) is 0.500. The average molecular weight is 169 g/mol. The number of rotatable bonds is 3. The van der Waals surface area contributed by atoms with E-state index in [9.17, 15) is 9.59 Å². The van der Waals surface area contributed by atoms with Crippen LogP contribution in [0.2, 0.25) is 0 Å². The first kappa shape index (κ1) is 8.93. The number of carbonyl (C=O) groups is 2. The van der Waals surface area contributed by atoms with Crippen molar-refractivity contribution in [3.05, 3.63) is 11.6 Å². The first-order chi connectivity index (χ1) is 5.66. The molecule has 0 saturated heterocycles. The van der Waals surface area contributed by atoms with E-state index in [4.69, 9.17) is 5.11 Å². The van der Waals surface area contributed by atoms with Crippen LogP contribution in [0.1, 0.15) is 13.3 Å². The van der Waals surface area contributed by atoms with Gasteiger partial charge in [0.1, 0.15) is 0 Å². The summed E-state index contributed by atoms with van der Waals surface area (Å²) in [6, 6.07) is 0. The SMILES string of the molecule is CC1=CC(=O)N(CCCO)C1=O. The third kappa shape index (κ3) is 1.53. The number of carbonyl (C=O) groups excluding carboxylic acids is 2. The quantitative estimate of drug-likeness (QED) is 0.589. The highest BCUT2D eigenvalue weighted by Gasteiger charge is 2.27. The summed E-state index contributed by atoms with van der Waals surface area (Å²) < 4.78 is 0. The van der Waals surface area contributed by atoms with E-state index in [0.717, 1.165) is 4.90 Å². The normalized spacial score (nSPS) is 17.2. The van der Waals surface area contributed by atoms with E-state index >= 15 is 0 Å². The minimum Gasteiger partial charge on any atom is -0.396 e. The molecule has 0 radical (unpaired) electrons. The standard InChI is InChI=1S/C8H11NO3/c1-6-5-7(11)9(8(6)12)3-2-4-10/h5,10H,2-4H2,1H3. The molecule has 1 aliphatic rings. The van der Waals surface area contributed by atoms with Crippen molar-refractivity contribution in [2.24, 2.45) is 0 Å². The van der Waals surface area contributed by atoms with Crippen molar-refractivity contribution in [2.75, 3.05) is 13.2 Å². The van der Waals surface area contributed by atoms with Crippen LogP contribution in [0.3, 0.4) is 0 Å². The molecule has 0 aliphatic carbocycles. The minimum absolute atomic E-state index is 0.00386. The highest BCUT2D eigenvalue weighted by Crippen LogP contribution is 2.11. The Labute approximate surface area is 70.5 Å². The van der Waals surface area contributed by atoms with E-state index in [1.165, 1.54) is 6.08 Å². The smallest absolute Gasteiger partial charge is 0.256 e. The second kappa shape index (κ2) is 3.49. The lowest BCUT2D eigenvalue weighted by molar-refractivity contribution is -0.137. The van der Waals surface area contributed by atoms with E-state index in [1.807, 2.05) is 0 Å². The van der Waals surface area contributed by atoms with E-state index < -0.39 is 0 Å². The Hall–Kier alpha value is -1.16. The highest BCUT2D eigenvalue weighted by molar-refractivity contribution is 6.15. The predicted octanol–water partition coefficient (Wildman–Crippen LogP) is -0.316. The third-order valence-electron chi connectivity index (χ3n) is 1.73. The van der Waals surface area contributed by atoms with Gasteiger partial charge in [0.2, 0.25) is 0 Å². The van der Waals surface area contributed by atoms with Crippen molar-refractivity contribution in [2.45, 2.75) is 13.3 Å². The Morgan fingerprint density at radius 2 is 2.17 bits per heavy atom. The van der Waals surface area contributed by atoms with Gasteiger partial charge in [-0.1, -0.05) is 0 Å². The topological polar surface area (TPSA) is 57.6 Å². The van der Waals surface area contributed by atoms with Gasteiger partial charge in [-0.05, 0) is 13.3 Å². The molecule has 0 aromatic heterocycles. The fourth-order valence-electron chi connectivity index (χ4n) is 1.08. The largest absolute Gasteiger partial charge is 0.396 e. The van der Waals surface area contributed by atoms with E-state index in [2.05, 4.69) is 0 Å². The van der Waals surface area contributed by atoms with Crippen LogP contribution in [0, 0.1) is 0 Å². The van der Waals surface area contributed by atoms with Crippen LogP contribution >= 0.6 is 0 Å². The van der Waals surface area contributed by atoms with Gasteiger partial charge in [0, 0.05) is 24.8 Å². The summed E-state index contributed by atoms with van der Waals surface area (Å²) in [6.07, 6.45) is 1.76. The van der Waals surface area contributed by atoms with Crippen molar-refractivity contribution in [1.29, 1.82) is 0 Å². The van der Waals surface area contributed by atoms with Gasteiger partial charge in [0.15, 0.2) is 0 Å². The molecule has 4 heteroatoms. The third-order valence-corrected chi connectivity index (χ3v) is 1.73. The molecule has 66 valence electrons. The Bertz CT molecular complexity index is 245. The molecule has 0 fully saturated rings. The fourth-order valence-corrected chi connectivity index (χ4v) is 1.08. The molecule has 0 unspecified atom stereocenters. The molecule has 0 bridgehead atoms. The van der Waals surface area contributed by atoms with Gasteiger partial charge in [-0.3, -0.25) is 14.5 Å². The number of imide groups is 1. The van der Waals surface area contributed by atoms with Crippen molar-refractivity contribution in [1.82, 2.24) is 4.90 Å². The van der Waals surface area contributed by atoms with Crippen molar-refractivity contribution < 1.29 is 14.7 Å². The lowest BCUT2D eigenvalue weighted by Gasteiger charge is -2.12. The first-order valence-electron chi connectivity index (χ1n) is 3.82. The van der Waals surface area contributed by atoms with Crippen LogP contribution < -0.4 is 0 Å². The molecule has 0 aromatic carbocycles. The molecule has 12 heavy (non-hydrogen) atoms. The van der Waals surface area contributed by atoms with Crippen LogP contribution in [0.15, 0.2) is 11.6 Å². The molecule has 1 heterocycles. The van der Waals surface area contributed by atoms with Crippen LogP contribution in [0.5, 0.6) is 0 Å². The zero-order chi connectivity index (χ0) is 9.14. The lowest BCUT2D eigenvalue weighted by Crippen LogP contribution is -2.32. The second-order valence-corrected chi connectivity index (χ2v) is 2.70. The zero-order valence-electron chi connectivity index (χ0n) is 6.91. The number of nitrogens with zero attached hydrogens (tertiary/aromatic N) is 1. The maximum Gasteiger partial charge on any atom is 0.256 e. The number of amides is 2. The Morgan fingerprint density at radius 3 is 2.58 bits per heavy atom. The van der Waals surface area contributed by atoms with Gasteiger partial charge < -0.3 is 5.11 Å². The molecule has 2 amide bonds. The summed E-state index contributed by atoms with van der Waals surface area (Å²) in [5.41, 5.74) is 0.470. The molecule has 0 spiro atoms. The van der Waals surface area contributed by atoms with Gasteiger partial charge in [0.05, 0.1) is 0 Å². The van der Waals surface area contributed by atoms with Crippen molar-refractivity contribution in [3.63, 3.8) is 0 Å². The maximum absolute atomic E-state index is 11.2. The molecule has 4 nitrogen and oxygen atoms in total. The van der Waals surface area contributed by atoms with E-state index in [1.54, 1.807) is 6.92 Å². The Kier molecular flexibility index (Phi) is 2.60. The number of aliphatic hydroxyl groups excluding tert-OH is 1. The van der Waals surface area contributed by atoms with Crippen molar-refractivity contribution in [3.8, 4) is 0 Å². The Balaban J connectivity index is 2.58. The summed E-state index contributed by atoms with van der Waals surface area (Å²) in [6.45, 7) is 1.91. The average Bonchev–Trinajstić information content (AvgIpc) is 2.25. The summed E-state index contributed by atoms with van der Waals surface area (Å²) in [5.74, 6) is -0.514. The monoisotopic (exact) mass is 169 g/mol. The van der Waals surface area contributed by atoms with Crippen LogP contribution in [-0.2, 0) is 9.59 Å². The first-order valence-corrected chi connectivity index (χ1v) is 3.82. The molecular weight excluding hydrogens is 158 g/mol. The highest BCUT2D eigenvalue weighted by atomic mass is 16.3. The summed E-state index contributed by atoms with van der Waals surface area (Å²) in [4.78, 5) is 23.4. The molecule has 1 aliphatic heterocycles. The molecular formula is C8H11NO3. The van der Waals surface area contributed by atoms with E-state index in [0.29, 0.717) is 18.5 Å². The summed E-state index contributed by atoms with van der Waals surface area (Å²) >= 11 is 0. The molecule has 0 aromatic rings. The van der Waals surface area contributed by atoms with Gasteiger partial charge in [0.25, 0.3) is 11.8 Å². The molecule has 0 atom stereocenters. The van der Waals surface area contributed by atoms with Gasteiger partial charge in [-0.2, -0.15) is 0 Å². The summed E-state index contributed by atoms with van der Waals surface area (Å²) in [5, 5.41) is 8.50.